The fourth-order valence-electron chi connectivity index (χ4n) is 2.03. The van der Waals surface area contributed by atoms with Crippen LogP contribution >= 0.6 is 0 Å². The first-order valence-electron chi connectivity index (χ1n) is 6.32. The molecule has 0 saturated carbocycles. The van der Waals surface area contributed by atoms with Gasteiger partial charge in [-0.15, -0.1) is 0 Å². The second kappa shape index (κ2) is 9.92. The largest absolute Gasteiger partial charge is 1.00 e. The van der Waals surface area contributed by atoms with Gasteiger partial charge in [-0.2, -0.15) is 0 Å². The fraction of sp³-hybridized carbons (Fsp3) is 1.00. The van der Waals surface area contributed by atoms with Crippen LogP contribution in [0.1, 0.15) is 41.5 Å². The molecule has 98 valence electrons. The van der Waals surface area contributed by atoms with Gasteiger partial charge in [-0.25, -0.2) is 0 Å². The molecule has 0 aromatic heterocycles. The zero-order chi connectivity index (χ0) is 11.9. The summed E-state index contributed by atoms with van der Waals surface area (Å²) in [6, 6.07) is 0. The molecule has 0 aliphatic carbocycles. The Hall–Kier alpha value is 1.06. The van der Waals surface area contributed by atoms with Gasteiger partial charge in [0.05, 0.1) is 0 Å². The zero-order valence-electron chi connectivity index (χ0n) is 12.7. The fourth-order valence-corrected chi connectivity index (χ4v) is 4.92. The molecule has 1 saturated heterocycles. The van der Waals surface area contributed by atoms with Crippen molar-refractivity contribution < 1.29 is 49.0 Å². The quantitative estimate of drug-likeness (QED) is 0.572. The van der Waals surface area contributed by atoms with Gasteiger partial charge in [0.25, 0.3) is 0 Å². The standard InChI is InChI=1S/C11H24O4Si.Na.H/c1-4-13-16(14-5-2,15-6-3)11-9-7-8-10-12-11;;/h11H,4-10H2,1-3H3;;/q;+1;-1. The average Bonchev–Trinajstić information content (AvgIpc) is 2.31. The second-order valence-electron chi connectivity index (χ2n) is 3.76. The summed E-state index contributed by atoms with van der Waals surface area (Å²) in [7, 11) is -2.62. The first-order valence-corrected chi connectivity index (χ1v) is 8.12. The number of hydrogen-bond donors (Lipinski definition) is 0. The van der Waals surface area contributed by atoms with Crippen LogP contribution in [0, 0.1) is 0 Å². The minimum atomic E-state index is -2.62. The van der Waals surface area contributed by atoms with Gasteiger partial charge >= 0.3 is 38.4 Å². The van der Waals surface area contributed by atoms with E-state index >= 15 is 0 Å². The van der Waals surface area contributed by atoms with Crippen molar-refractivity contribution in [3.63, 3.8) is 0 Å². The third-order valence-corrected chi connectivity index (χ3v) is 5.93. The van der Waals surface area contributed by atoms with Gasteiger partial charge in [-0.05, 0) is 40.0 Å². The van der Waals surface area contributed by atoms with Gasteiger partial charge in [-0.1, -0.05) is 0 Å². The van der Waals surface area contributed by atoms with Crippen LogP contribution in [0.4, 0.5) is 0 Å². The Labute approximate surface area is 129 Å². The maximum atomic E-state index is 5.82. The van der Waals surface area contributed by atoms with E-state index in [0.717, 1.165) is 19.4 Å². The van der Waals surface area contributed by atoms with E-state index in [0.29, 0.717) is 19.8 Å². The molecule has 1 aliphatic rings. The molecule has 1 aliphatic heterocycles. The van der Waals surface area contributed by atoms with Crippen molar-refractivity contribution in [1.82, 2.24) is 0 Å². The Morgan fingerprint density at radius 2 is 1.59 bits per heavy atom. The first-order chi connectivity index (χ1) is 7.79. The summed E-state index contributed by atoms with van der Waals surface area (Å²) in [4.78, 5) is 0. The van der Waals surface area contributed by atoms with E-state index in [1.54, 1.807) is 0 Å². The Morgan fingerprint density at radius 3 is 1.94 bits per heavy atom. The monoisotopic (exact) mass is 272 g/mol. The van der Waals surface area contributed by atoms with Crippen molar-refractivity contribution in [2.45, 2.75) is 45.8 Å². The maximum absolute atomic E-state index is 5.82. The van der Waals surface area contributed by atoms with E-state index < -0.39 is 8.80 Å². The zero-order valence-corrected chi connectivity index (χ0v) is 14.7. The molecular weight excluding hydrogens is 247 g/mol. The minimum Gasteiger partial charge on any atom is -1.00 e. The Bertz CT molecular complexity index is 177. The molecule has 1 fully saturated rings. The molecule has 0 spiro atoms. The summed E-state index contributed by atoms with van der Waals surface area (Å²) in [5.41, 5.74) is 0.0288. The molecule has 0 aromatic rings. The van der Waals surface area contributed by atoms with Gasteiger partial charge < -0.3 is 19.4 Å². The van der Waals surface area contributed by atoms with Gasteiger partial charge in [0.1, 0.15) is 5.73 Å². The number of ether oxygens (including phenoxy) is 1. The molecule has 1 atom stereocenters. The van der Waals surface area contributed by atoms with E-state index in [1.165, 1.54) is 6.42 Å². The van der Waals surface area contributed by atoms with Crippen molar-refractivity contribution >= 4 is 8.80 Å². The van der Waals surface area contributed by atoms with Gasteiger partial charge in [-0.3, -0.25) is 0 Å². The van der Waals surface area contributed by atoms with Crippen LogP contribution < -0.4 is 29.6 Å². The third-order valence-electron chi connectivity index (χ3n) is 2.61. The van der Waals surface area contributed by atoms with E-state index in [1.807, 2.05) is 20.8 Å². The van der Waals surface area contributed by atoms with Crippen LogP contribution in [0.5, 0.6) is 0 Å². The van der Waals surface area contributed by atoms with Crippen molar-refractivity contribution in [3.05, 3.63) is 0 Å². The number of hydrogen-bond acceptors (Lipinski definition) is 4. The Kier molecular flexibility index (Phi) is 10.5. The molecular formula is C11H25NaO4Si. The molecule has 1 unspecified atom stereocenters. The molecule has 0 N–H and O–H groups in total. The van der Waals surface area contributed by atoms with E-state index in [-0.39, 0.29) is 36.7 Å². The summed E-state index contributed by atoms with van der Waals surface area (Å²) in [6.45, 7) is 8.57. The summed E-state index contributed by atoms with van der Waals surface area (Å²) >= 11 is 0. The van der Waals surface area contributed by atoms with E-state index in [2.05, 4.69) is 0 Å². The van der Waals surface area contributed by atoms with Crippen molar-refractivity contribution in [2.24, 2.45) is 0 Å². The third kappa shape index (κ3) is 5.28. The van der Waals surface area contributed by atoms with Crippen LogP contribution in [0.15, 0.2) is 0 Å². The summed E-state index contributed by atoms with van der Waals surface area (Å²) in [5.74, 6) is 0. The van der Waals surface area contributed by atoms with Crippen LogP contribution in [0.25, 0.3) is 0 Å². The van der Waals surface area contributed by atoms with Crippen molar-refractivity contribution in [3.8, 4) is 0 Å². The van der Waals surface area contributed by atoms with Gasteiger partial charge in [0.2, 0.25) is 0 Å². The second-order valence-corrected chi connectivity index (χ2v) is 6.47. The van der Waals surface area contributed by atoms with Gasteiger partial charge in [0.15, 0.2) is 0 Å². The summed E-state index contributed by atoms with van der Waals surface area (Å²) in [5, 5.41) is 0. The van der Waals surface area contributed by atoms with Gasteiger partial charge in [0, 0.05) is 26.4 Å². The van der Waals surface area contributed by atoms with Crippen LogP contribution in [0.3, 0.4) is 0 Å². The van der Waals surface area contributed by atoms with E-state index in [4.69, 9.17) is 18.0 Å². The van der Waals surface area contributed by atoms with Crippen molar-refractivity contribution in [1.29, 1.82) is 0 Å². The van der Waals surface area contributed by atoms with E-state index in [9.17, 15) is 0 Å². The predicted molar refractivity (Wildman–Crippen MR) is 65.3 cm³/mol. The number of rotatable bonds is 7. The molecule has 17 heavy (non-hydrogen) atoms. The van der Waals surface area contributed by atoms with Crippen molar-refractivity contribution in [2.75, 3.05) is 26.4 Å². The topological polar surface area (TPSA) is 36.9 Å². The molecule has 0 bridgehead atoms. The smallest absolute Gasteiger partial charge is 1.00 e. The minimum absolute atomic E-state index is 0. The molecule has 1 rings (SSSR count). The first kappa shape index (κ1) is 18.1. The average molecular weight is 272 g/mol. The molecule has 1 heterocycles. The molecule has 0 radical (unpaired) electrons. The maximum Gasteiger partial charge on any atom is 1.00 e. The summed E-state index contributed by atoms with van der Waals surface area (Å²) in [6.07, 6.45) is 3.30. The Morgan fingerprint density at radius 1 is 1.06 bits per heavy atom. The molecule has 0 aromatic carbocycles. The molecule has 6 heteroatoms. The Balaban J connectivity index is 0. The van der Waals surface area contributed by atoms with Crippen LogP contribution in [0.2, 0.25) is 0 Å². The van der Waals surface area contributed by atoms with Crippen LogP contribution in [-0.2, 0) is 18.0 Å². The SMILES string of the molecule is CCO[Si](OCC)(OCC)C1CCCCO1.[H-].[Na+]. The molecule has 4 nitrogen and oxygen atoms in total. The summed E-state index contributed by atoms with van der Waals surface area (Å²) < 4.78 is 23.2. The normalized spacial score (nSPS) is 21.0. The molecule has 0 amide bonds. The van der Waals surface area contributed by atoms with Crippen LogP contribution in [-0.4, -0.2) is 41.0 Å². The predicted octanol–water partition coefficient (Wildman–Crippen LogP) is -0.740.